The van der Waals surface area contributed by atoms with Gasteiger partial charge in [-0.2, -0.15) is 0 Å². The zero-order valence-electron chi connectivity index (χ0n) is 9.69. The molecule has 0 aliphatic carbocycles. The van der Waals surface area contributed by atoms with Gasteiger partial charge in [-0.3, -0.25) is 14.4 Å². The van der Waals surface area contributed by atoms with Crippen LogP contribution >= 0.6 is 12.2 Å². The SMILES string of the molecule is COC(=O)CCN(C)C(=O)C(=O)NCC(N)=S. The van der Waals surface area contributed by atoms with Crippen LogP contribution in [0.2, 0.25) is 0 Å². The molecule has 0 bridgehead atoms. The second kappa shape index (κ2) is 7.55. The van der Waals surface area contributed by atoms with Gasteiger partial charge in [-0.05, 0) is 0 Å². The van der Waals surface area contributed by atoms with Crippen molar-refractivity contribution >= 4 is 35.0 Å². The van der Waals surface area contributed by atoms with Gasteiger partial charge in [0.15, 0.2) is 0 Å². The first-order valence-corrected chi connectivity index (χ1v) is 5.17. The highest BCUT2D eigenvalue weighted by Gasteiger charge is 2.18. The van der Waals surface area contributed by atoms with Gasteiger partial charge < -0.3 is 20.7 Å². The number of likely N-dealkylation sites (N-methyl/N-ethyl adjacent to an activating group) is 1. The molecule has 0 radical (unpaired) electrons. The van der Waals surface area contributed by atoms with E-state index in [4.69, 9.17) is 5.73 Å². The van der Waals surface area contributed by atoms with Gasteiger partial charge in [0.2, 0.25) is 0 Å². The minimum atomic E-state index is -0.815. The number of ether oxygens (including phenoxy) is 1. The van der Waals surface area contributed by atoms with Crippen LogP contribution in [0, 0.1) is 0 Å². The summed E-state index contributed by atoms with van der Waals surface area (Å²) in [7, 11) is 2.66. The van der Waals surface area contributed by atoms with Crippen molar-refractivity contribution in [3.63, 3.8) is 0 Å². The Labute approximate surface area is 104 Å². The Morgan fingerprint density at radius 2 is 2.00 bits per heavy atom. The zero-order valence-corrected chi connectivity index (χ0v) is 10.5. The quantitative estimate of drug-likeness (QED) is 0.351. The Morgan fingerprint density at radius 1 is 1.41 bits per heavy atom. The summed E-state index contributed by atoms with van der Waals surface area (Å²) in [4.78, 5) is 34.7. The molecule has 0 aliphatic rings. The Balaban J connectivity index is 4.07. The fourth-order valence-electron chi connectivity index (χ4n) is 0.879. The molecule has 0 saturated heterocycles. The van der Waals surface area contributed by atoms with Gasteiger partial charge >= 0.3 is 17.8 Å². The summed E-state index contributed by atoms with van der Waals surface area (Å²) >= 11 is 4.54. The standard InChI is InChI=1S/C9H15N3O4S/c1-12(4-3-7(13)16-2)9(15)8(14)11-5-6(10)17/h3-5H2,1-2H3,(H2,10,17)(H,11,14). The molecular formula is C9H15N3O4S. The van der Waals surface area contributed by atoms with Crippen LogP contribution in [0.1, 0.15) is 6.42 Å². The predicted molar refractivity (Wildman–Crippen MR) is 64.1 cm³/mol. The van der Waals surface area contributed by atoms with Crippen molar-refractivity contribution in [1.29, 1.82) is 0 Å². The molecule has 0 aromatic rings. The minimum Gasteiger partial charge on any atom is -0.469 e. The van der Waals surface area contributed by atoms with E-state index in [9.17, 15) is 14.4 Å². The number of hydrogen-bond donors (Lipinski definition) is 2. The van der Waals surface area contributed by atoms with Crippen LogP contribution < -0.4 is 11.1 Å². The number of carbonyl (C=O) groups is 3. The largest absolute Gasteiger partial charge is 0.469 e. The Morgan fingerprint density at radius 3 is 2.47 bits per heavy atom. The maximum Gasteiger partial charge on any atom is 0.311 e. The molecule has 8 heteroatoms. The molecule has 2 amide bonds. The maximum atomic E-state index is 11.4. The van der Waals surface area contributed by atoms with Crippen molar-refractivity contribution in [2.24, 2.45) is 5.73 Å². The molecule has 0 aromatic carbocycles. The van der Waals surface area contributed by atoms with E-state index in [1.54, 1.807) is 0 Å². The molecule has 0 heterocycles. The first-order chi connectivity index (χ1) is 7.88. The summed E-state index contributed by atoms with van der Waals surface area (Å²) in [5, 5.41) is 2.25. The third-order valence-electron chi connectivity index (χ3n) is 1.84. The van der Waals surface area contributed by atoms with Gasteiger partial charge in [0, 0.05) is 13.6 Å². The van der Waals surface area contributed by atoms with Crippen molar-refractivity contribution in [2.75, 3.05) is 27.2 Å². The van der Waals surface area contributed by atoms with Crippen LogP contribution in [0.3, 0.4) is 0 Å². The lowest BCUT2D eigenvalue weighted by Gasteiger charge is -2.15. The van der Waals surface area contributed by atoms with E-state index in [0.29, 0.717) is 0 Å². The van der Waals surface area contributed by atoms with Gasteiger partial charge in [0.1, 0.15) is 0 Å². The molecule has 7 nitrogen and oxygen atoms in total. The lowest BCUT2D eigenvalue weighted by molar-refractivity contribution is -0.146. The Kier molecular flexibility index (Phi) is 6.80. The fourth-order valence-corrected chi connectivity index (χ4v) is 0.951. The number of amides is 2. The zero-order chi connectivity index (χ0) is 13.4. The number of nitrogens with two attached hydrogens (primary N) is 1. The molecule has 0 spiro atoms. The normalized spacial score (nSPS) is 9.29. The molecule has 0 atom stereocenters. The van der Waals surface area contributed by atoms with E-state index >= 15 is 0 Å². The number of nitrogens with zero attached hydrogens (tertiary/aromatic N) is 1. The third-order valence-corrected chi connectivity index (χ3v) is 1.99. The van der Waals surface area contributed by atoms with Crippen LogP contribution in [0.25, 0.3) is 0 Å². The average molecular weight is 261 g/mol. The van der Waals surface area contributed by atoms with E-state index in [2.05, 4.69) is 22.3 Å². The van der Waals surface area contributed by atoms with Crippen molar-refractivity contribution < 1.29 is 19.1 Å². The van der Waals surface area contributed by atoms with E-state index < -0.39 is 17.8 Å². The van der Waals surface area contributed by atoms with Crippen LogP contribution in [0.5, 0.6) is 0 Å². The second-order valence-corrected chi connectivity index (χ2v) is 3.73. The van der Waals surface area contributed by atoms with Crippen molar-refractivity contribution in [3.8, 4) is 0 Å². The molecule has 0 unspecified atom stereocenters. The Bertz CT molecular complexity index is 332. The highest BCUT2D eigenvalue weighted by molar-refractivity contribution is 7.80. The predicted octanol–water partition coefficient (Wildman–Crippen LogP) is -1.59. The molecular weight excluding hydrogens is 246 g/mol. The first kappa shape index (κ1) is 15.3. The molecule has 3 N–H and O–H groups in total. The molecule has 17 heavy (non-hydrogen) atoms. The van der Waals surface area contributed by atoms with E-state index in [0.717, 1.165) is 4.90 Å². The summed E-state index contributed by atoms with van der Waals surface area (Å²) in [5.74, 6) is -2.02. The molecule has 0 rings (SSSR count). The Hall–Kier alpha value is -1.70. The van der Waals surface area contributed by atoms with E-state index in [1.807, 2.05) is 0 Å². The van der Waals surface area contributed by atoms with Crippen LogP contribution in [0.15, 0.2) is 0 Å². The first-order valence-electron chi connectivity index (χ1n) is 4.77. The number of hydrogen-bond acceptors (Lipinski definition) is 5. The van der Waals surface area contributed by atoms with Gasteiger partial charge in [-0.25, -0.2) is 0 Å². The van der Waals surface area contributed by atoms with Crippen LogP contribution in [-0.4, -0.2) is 54.9 Å². The molecule has 96 valence electrons. The van der Waals surface area contributed by atoms with E-state index in [-0.39, 0.29) is 24.5 Å². The summed E-state index contributed by atoms with van der Waals surface area (Å²) in [6.07, 6.45) is 0.0291. The third kappa shape index (κ3) is 6.46. The van der Waals surface area contributed by atoms with Crippen molar-refractivity contribution in [2.45, 2.75) is 6.42 Å². The molecule has 0 fully saturated rings. The van der Waals surface area contributed by atoms with Gasteiger partial charge in [0.25, 0.3) is 0 Å². The number of carbonyl (C=O) groups excluding carboxylic acids is 3. The van der Waals surface area contributed by atoms with Crippen LogP contribution in [-0.2, 0) is 19.1 Å². The van der Waals surface area contributed by atoms with Gasteiger partial charge in [-0.1, -0.05) is 12.2 Å². The summed E-state index contributed by atoms with van der Waals surface area (Å²) < 4.78 is 4.41. The number of nitrogens with one attached hydrogen (secondary N) is 1. The summed E-state index contributed by atoms with van der Waals surface area (Å²) in [6.45, 7) is 0.0662. The molecule has 0 aromatic heterocycles. The maximum absolute atomic E-state index is 11.4. The monoisotopic (exact) mass is 261 g/mol. The summed E-state index contributed by atoms with van der Waals surface area (Å²) in [6, 6.07) is 0. The molecule has 0 aliphatic heterocycles. The summed E-state index contributed by atoms with van der Waals surface area (Å²) in [5.41, 5.74) is 5.16. The second-order valence-electron chi connectivity index (χ2n) is 3.20. The van der Waals surface area contributed by atoms with Crippen LogP contribution in [0.4, 0.5) is 0 Å². The topological polar surface area (TPSA) is 102 Å². The fraction of sp³-hybridized carbons (Fsp3) is 0.556. The van der Waals surface area contributed by atoms with Gasteiger partial charge in [0.05, 0.1) is 25.1 Å². The smallest absolute Gasteiger partial charge is 0.311 e. The number of esters is 1. The highest BCUT2D eigenvalue weighted by atomic mass is 32.1. The average Bonchev–Trinajstić information content (AvgIpc) is 2.31. The highest BCUT2D eigenvalue weighted by Crippen LogP contribution is 1.91. The number of methoxy groups -OCH3 is 1. The van der Waals surface area contributed by atoms with Crippen molar-refractivity contribution in [3.05, 3.63) is 0 Å². The van der Waals surface area contributed by atoms with Gasteiger partial charge in [-0.15, -0.1) is 0 Å². The lowest BCUT2D eigenvalue weighted by Crippen LogP contribution is -2.44. The number of rotatable bonds is 5. The number of thiocarbonyl (C=S) groups is 1. The van der Waals surface area contributed by atoms with Crippen molar-refractivity contribution in [1.82, 2.24) is 10.2 Å². The van der Waals surface area contributed by atoms with E-state index in [1.165, 1.54) is 14.2 Å². The molecule has 0 saturated carbocycles. The minimum absolute atomic E-state index is 0.0291. The lowest BCUT2D eigenvalue weighted by atomic mass is 10.3.